The largest absolute Gasteiger partial charge is 0.432 e. The molecule has 8 heteroatoms. The maximum atomic E-state index is 12.2. The lowest BCUT2D eigenvalue weighted by Gasteiger charge is -2.33. The van der Waals surface area contributed by atoms with E-state index in [1.54, 1.807) is 23.2 Å². The molecule has 0 aromatic carbocycles. The molecule has 0 unspecified atom stereocenters. The second-order valence-electron chi connectivity index (χ2n) is 6.12. The summed E-state index contributed by atoms with van der Waals surface area (Å²) in [6.07, 6.45) is 4.25. The quantitative estimate of drug-likeness (QED) is 0.812. The average molecular weight is 347 g/mol. The molecule has 0 radical (unpaired) electrons. The molecule has 2 aromatic heterocycles. The SMILES string of the molecule is O=c1cc2c(nn1CCN1CCN(c3ncco3)CC1)CCSC2. The van der Waals surface area contributed by atoms with E-state index in [9.17, 15) is 4.79 Å². The fraction of sp³-hybridized carbons (Fsp3) is 0.562. The highest BCUT2D eigenvalue weighted by Crippen LogP contribution is 2.21. The van der Waals surface area contributed by atoms with Crippen molar-refractivity contribution in [3.63, 3.8) is 0 Å². The number of aromatic nitrogens is 3. The topological polar surface area (TPSA) is 67.4 Å². The summed E-state index contributed by atoms with van der Waals surface area (Å²) in [5.74, 6) is 2.02. The highest BCUT2D eigenvalue weighted by molar-refractivity contribution is 7.98. The summed E-state index contributed by atoms with van der Waals surface area (Å²) in [5, 5.41) is 4.58. The monoisotopic (exact) mass is 347 g/mol. The smallest absolute Gasteiger partial charge is 0.297 e. The van der Waals surface area contributed by atoms with Crippen molar-refractivity contribution < 1.29 is 4.42 Å². The average Bonchev–Trinajstić information content (AvgIpc) is 3.15. The number of hydrogen-bond donors (Lipinski definition) is 0. The van der Waals surface area contributed by atoms with Gasteiger partial charge < -0.3 is 9.32 Å². The lowest BCUT2D eigenvalue weighted by Crippen LogP contribution is -2.47. The fourth-order valence-electron chi connectivity index (χ4n) is 3.18. The minimum absolute atomic E-state index is 0.0228. The van der Waals surface area contributed by atoms with Crippen LogP contribution in [0.2, 0.25) is 0 Å². The molecular formula is C16H21N5O2S. The Bertz CT molecular complexity index is 737. The van der Waals surface area contributed by atoms with Crippen molar-refractivity contribution in [2.45, 2.75) is 18.7 Å². The number of aryl methyl sites for hydroxylation is 1. The summed E-state index contributed by atoms with van der Waals surface area (Å²) >= 11 is 1.87. The van der Waals surface area contributed by atoms with Gasteiger partial charge in [0.05, 0.1) is 18.4 Å². The van der Waals surface area contributed by atoms with Crippen LogP contribution in [0.25, 0.3) is 0 Å². The normalized spacial score (nSPS) is 18.6. The van der Waals surface area contributed by atoms with E-state index in [0.717, 1.165) is 61.9 Å². The van der Waals surface area contributed by atoms with E-state index < -0.39 is 0 Å². The first-order valence-electron chi connectivity index (χ1n) is 8.34. The van der Waals surface area contributed by atoms with Crippen LogP contribution in [0.3, 0.4) is 0 Å². The minimum atomic E-state index is 0.0228. The number of fused-ring (bicyclic) bond motifs is 1. The van der Waals surface area contributed by atoms with Gasteiger partial charge in [0.25, 0.3) is 11.6 Å². The molecule has 0 atom stereocenters. The summed E-state index contributed by atoms with van der Waals surface area (Å²) in [6, 6.07) is 2.47. The molecule has 2 aliphatic rings. The zero-order chi connectivity index (χ0) is 16.4. The first-order valence-corrected chi connectivity index (χ1v) is 9.49. The van der Waals surface area contributed by atoms with E-state index in [1.165, 1.54) is 0 Å². The number of nitrogens with zero attached hydrogens (tertiary/aromatic N) is 5. The van der Waals surface area contributed by atoms with Crippen LogP contribution in [-0.2, 0) is 18.7 Å². The summed E-state index contributed by atoms with van der Waals surface area (Å²) < 4.78 is 6.98. The van der Waals surface area contributed by atoms with Crippen molar-refractivity contribution in [1.29, 1.82) is 0 Å². The van der Waals surface area contributed by atoms with Crippen molar-refractivity contribution in [3.8, 4) is 0 Å². The van der Waals surface area contributed by atoms with Gasteiger partial charge in [-0.1, -0.05) is 0 Å². The van der Waals surface area contributed by atoms with Gasteiger partial charge in [0.2, 0.25) is 0 Å². The van der Waals surface area contributed by atoms with Crippen LogP contribution in [0.15, 0.2) is 27.7 Å². The molecule has 0 amide bonds. The van der Waals surface area contributed by atoms with Crippen LogP contribution in [0.5, 0.6) is 0 Å². The van der Waals surface area contributed by atoms with E-state index in [1.807, 2.05) is 11.8 Å². The third-order valence-corrected chi connectivity index (χ3v) is 5.60. The molecule has 1 fully saturated rings. The zero-order valence-corrected chi connectivity index (χ0v) is 14.4. The number of rotatable bonds is 4. The summed E-state index contributed by atoms with van der Waals surface area (Å²) in [4.78, 5) is 20.9. The summed E-state index contributed by atoms with van der Waals surface area (Å²) in [7, 11) is 0. The van der Waals surface area contributed by atoms with E-state index >= 15 is 0 Å². The second kappa shape index (κ2) is 6.98. The molecule has 1 saturated heterocycles. The third kappa shape index (κ3) is 3.34. The van der Waals surface area contributed by atoms with Crippen LogP contribution in [0, 0.1) is 0 Å². The lowest BCUT2D eigenvalue weighted by molar-refractivity contribution is 0.238. The Morgan fingerprint density at radius 2 is 2.08 bits per heavy atom. The molecule has 7 nitrogen and oxygen atoms in total. The van der Waals surface area contributed by atoms with Crippen molar-refractivity contribution in [3.05, 3.63) is 40.1 Å². The van der Waals surface area contributed by atoms with E-state index in [-0.39, 0.29) is 5.56 Å². The molecule has 24 heavy (non-hydrogen) atoms. The Hall–Kier alpha value is -1.80. The Morgan fingerprint density at radius 3 is 2.88 bits per heavy atom. The van der Waals surface area contributed by atoms with Gasteiger partial charge >= 0.3 is 0 Å². The van der Waals surface area contributed by atoms with Gasteiger partial charge in [-0.2, -0.15) is 16.9 Å². The molecule has 128 valence electrons. The Kier molecular flexibility index (Phi) is 4.57. The highest BCUT2D eigenvalue weighted by atomic mass is 32.2. The predicted octanol–water partition coefficient (Wildman–Crippen LogP) is 0.843. The predicted molar refractivity (Wildman–Crippen MR) is 93.5 cm³/mol. The Morgan fingerprint density at radius 1 is 1.21 bits per heavy atom. The molecule has 4 heterocycles. The third-order valence-electron chi connectivity index (χ3n) is 4.60. The maximum absolute atomic E-state index is 12.2. The molecule has 0 bridgehead atoms. The first-order chi connectivity index (χ1) is 11.8. The highest BCUT2D eigenvalue weighted by Gasteiger charge is 2.20. The van der Waals surface area contributed by atoms with Gasteiger partial charge in [-0.3, -0.25) is 9.69 Å². The maximum Gasteiger partial charge on any atom is 0.297 e. The molecule has 0 aliphatic carbocycles. The molecular weight excluding hydrogens is 326 g/mol. The molecule has 2 aromatic rings. The molecule has 4 rings (SSSR count). The fourth-order valence-corrected chi connectivity index (χ4v) is 4.14. The van der Waals surface area contributed by atoms with Crippen molar-refractivity contribution in [1.82, 2.24) is 19.7 Å². The van der Waals surface area contributed by atoms with E-state index in [2.05, 4.69) is 19.9 Å². The number of oxazole rings is 1. The Balaban J connectivity index is 1.34. The van der Waals surface area contributed by atoms with Crippen molar-refractivity contribution in [2.24, 2.45) is 0 Å². The van der Waals surface area contributed by atoms with Gasteiger partial charge in [0.15, 0.2) is 0 Å². The first kappa shape index (κ1) is 15.7. The van der Waals surface area contributed by atoms with Gasteiger partial charge in [-0.25, -0.2) is 9.67 Å². The number of anilines is 1. The molecule has 0 spiro atoms. The van der Waals surface area contributed by atoms with Crippen LogP contribution >= 0.6 is 11.8 Å². The van der Waals surface area contributed by atoms with Crippen molar-refractivity contribution >= 4 is 17.8 Å². The van der Waals surface area contributed by atoms with Gasteiger partial charge in [0, 0.05) is 51.0 Å². The number of piperazine rings is 1. The molecule has 0 saturated carbocycles. The number of hydrogen-bond acceptors (Lipinski definition) is 7. The van der Waals surface area contributed by atoms with Gasteiger partial charge in [0.1, 0.15) is 6.26 Å². The van der Waals surface area contributed by atoms with E-state index in [0.29, 0.717) is 12.6 Å². The summed E-state index contributed by atoms with van der Waals surface area (Å²) in [6.45, 7) is 5.17. The van der Waals surface area contributed by atoms with Gasteiger partial charge in [-0.05, 0) is 11.3 Å². The molecule has 0 N–H and O–H groups in total. The zero-order valence-electron chi connectivity index (χ0n) is 13.6. The van der Waals surface area contributed by atoms with Crippen LogP contribution in [0.1, 0.15) is 11.3 Å². The molecule has 2 aliphatic heterocycles. The number of thioether (sulfide) groups is 1. The van der Waals surface area contributed by atoms with Crippen molar-refractivity contribution in [2.75, 3.05) is 43.4 Å². The Labute approximate surface area is 144 Å². The second-order valence-corrected chi connectivity index (χ2v) is 7.23. The lowest BCUT2D eigenvalue weighted by atomic mass is 10.2. The van der Waals surface area contributed by atoms with Gasteiger partial charge in [-0.15, -0.1) is 0 Å². The standard InChI is InChI=1S/C16H21N5O2S/c22-15-11-13-12-24-10-1-14(13)18-21(15)8-5-19-3-6-20(7-4-19)16-17-2-9-23-16/h2,9,11H,1,3-8,10,12H2. The van der Waals surface area contributed by atoms with E-state index in [4.69, 9.17) is 4.42 Å². The van der Waals surface area contributed by atoms with Crippen LogP contribution in [0.4, 0.5) is 6.01 Å². The van der Waals surface area contributed by atoms with Crippen LogP contribution in [-0.4, -0.2) is 58.1 Å². The minimum Gasteiger partial charge on any atom is -0.432 e. The van der Waals surface area contributed by atoms with Crippen LogP contribution < -0.4 is 10.5 Å². The summed E-state index contributed by atoms with van der Waals surface area (Å²) in [5.41, 5.74) is 2.24.